The third-order valence-corrected chi connectivity index (χ3v) is 3.30. The zero-order chi connectivity index (χ0) is 9.90. The van der Waals surface area contributed by atoms with Gasteiger partial charge in [-0.3, -0.25) is 8.42 Å². The van der Waals surface area contributed by atoms with Gasteiger partial charge in [0.1, 0.15) is 0 Å². The van der Waals surface area contributed by atoms with Crippen molar-refractivity contribution in [3.05, 3.63) is 35.0 Å². The average Bonchev–Trinajstić information content (AvgIpc) is 2.18. The molecule has 0 saturated carbocycles. The molecular weight excluding hydrogens is 210 g/mol. The first-order valence-electron chi connectivity index (χ1n) is 3.29. The number of hydrogen-bond donors (Lipinski definition) is 0. The van der Waals surface area contributed by atoms with Crippen LogP contribution in [0.5, 0.6) is 0 Å². The molecule has 0 saturated heterocycles. The number of benzene rings is 1. The lowest BCUT2D eigenvalue weighted by Crippen LogP contribution is -1.97. The van der Waals surface area contributed by atoms with Crippen LogP contribution >= 0.6 is 11.6 Å². The van der Waals surface area contributed by atoms with E-state index in [1.165, 1.54) is 24.3 Å². The lowest BCUT2D eigenvalue weighted by atomic mass is 10.2. The van der Waals surface area contributed by atoms with Crippen LogP contribution in [0, 0.1) is 16.5 Å². The molecule has 0 spiro atoms. The molecule has 0 aliphatic carbocycles. The van der Waals surface area contributed by atoms with Gasteiger partial charge in [0.15, 0.2) is 0 Å². The van der Waals surface area contributed by atoms with Gasteiger partial charge in [0.25, 0.3) is 0 Å². The Bertz CT molecular complexity index is 430. The van der Waals surface area contributed by atoms with Crippen LogP contribution in [0.15, 0.2) is 29.2 Å². The molecule has 0 aliphatic heterocycles. The smallest absolute Gasteiger partial charge is 0.0991 e. The summed E-state index contributed by atoms with van der Waals surface area (Å²) in [5.41, 5.74) is 0.411. The van der Waals surface area contributed by atoms with E-state index in [2.05, 4.69) is 0 Å². The SMILES string of the molecule is N#Cc1ccc(S(=O)(=O)[CH-]Cl)cc1. The maximum Gasteiger partial charge on any atom is 0.0991 e. The van der Waals surface area contributed by atoms with Gasteiger partial charge in [-0.1, -0.05) is 0 Å². The van der Waals surface area contributed by atoms with Gasteiger partial charge in [0.05, 0.1) is 21.5 Å². The molecule has 0 aromatic heterocycles. The van der Waals surface area contributed by atoms with Crippen molar-refractivity contribution in [2.75, 3.05) is 0 Å². The maximum absolute atomic E-state index is 11.1. The van der Waals surface area contributed by atoms with Crippen molar-refractivity contribution < 1.29 is 8.42 Å². The van der Waals surface area contributed by atoms with E-state index in [0.29, 0.717) is 10.8 Å². The lowest BCUT2D eigenvalue weighted by molar-refractivity contribution is 0.603. The van der Waals surface area contributed by atoms with Crippen LogP contribution in [0.25, 0.3) is 0 Å². The third kappa shape index (κ3) is 2.20. The Balaban J connectivity index is 3.15. The summed E-state index contributed by atoms with van der Waals surface area (Å²) in [6.07, 6.45) is 0. The van der Waals surface area contributed by atoms with E-state index in [0.717, 1.165) is 0 Å². The predicted octanol–water partition coefficient (Wildman–Crippen LogP) is 1.69. The predicted molar refractivity (Wildman–Crippen MR) is 48.5 cm³/mol. The average molecular weight is 215 g/mol. The van der Waals surface area contributed by atoms with E-state index in [1.807, 2.05) is 6.07 Å². The number of nitriles is 1. The summed E-state index contributed by atoms with van der Waals surface area (Å²) >= 11 is 5.12. The highest BCUT2D eigenvalue weighted by Gasteiger charge is 2.03. The molecule has 0 unspecified atom stereocenters. The van der Waals surface area contributed by atoms with Gasteiger partial charge in [-0.2, -0.15) is 5.26 Å². The minimum atomic E-state index is -3.49. The molecule has 5 heteroatoms. The molecule has 0 aliphatic rings. The molecule has 0 N–H and O–H groups in total. The largest absolute Gasteiger partial charge is 0.332 e. The first-order chi connectivity index (χ1) is 6.10. The van der Waals surface area contributed by atoms with Crippen LogP contribution in [-0.2, 0) is 9.84 Å². The van der Waals surface area contributed by atoms with Crippen LogP contribution in [-0.4, -0.2) is 8.42 Å². The van der Waals surface area contributed by atoms with Gasteiger partial charge in [-0.15, -0.1) is 5.21 Å². The van der Waals surface area contributed by atoms with E-state index < -0.39 is 9.84 Å². The van der Waals surface area contributed by atoms with Gasteiger partial charge in [0, 0.05) is 4.90 Å². The molecule has 1 aromatic carbocycles. The van der Waals surface area contributed by atoms with Crippen LogP contribution in [0.1, 0.15) is 5.56 Å². The molecule has 0 fully saturated rings. The maximum atomic E-state index is 11.1. The highest BCUT2D eigenvalue weighted by atomic mass is 35.5. The number of halogens is 1. The van der Waals surface area contributed by atoms with Crippen LogP contribution in [0.2, 0.25) is 0 Å². The number of hydrogen-bond acceptors (Lipinski definition) is 3. The van der Waals surface area contributed by atoms with Gasteiger partial charge >= 0.3 is 0 Å². The first kappa shape index (κ1) is 10.0. The Hall–Kier alpha value is -1.05. The molecule has 1 rings (SSSR count). The van der Waals surface area contributed by atoms with Crippen molar-refractivity contribution in [2.24, 2.45) is 0 Å². The van der Waals surface area contributed by atoms with Crippen molar-refractivity contribution >= 4 is 21.4 Å². The molecular formula is C8H5ClNO2S-. The third-order valence-electron chi connectivity index (χ3n) is 1.43. The quantitative estimate of drug-likeness (QED) is 0.704. The lowest BCUT2D eigenvalue weighted by Gasteiger charge is -2.06. The molecule has 68 valence electrons. The van der Waals surface area contributed by atoms with E-state index in [4.69, 9.17) is 16.9 Å². The van der Waals surface area contributed by atoms with Crippen molar-refractivity contribution in [1.29, 1.82) is 5.26 Å². The van der Waals surface area contributed by atoms with Crippen molar-refractivity contribution in [1.82, 2.24) is 0 Å². The second kappa shape index (κ2) is 3.77. The molecule has 13 heavy (non-hydrogen) atoms. The van der Waals surface area contributed by atoms with Crippen molar-refractivity contribution in [3.8, 4) is 6.07 Å². The van der Waals surface area contributed by atoms with Gasteiger partial charge < -0.3 is 11.6 Å². The van der Waals surface area contributed by atoms with Crippen molar-refractivity contribution in [3.63, 3.8) is 0 Å². The Morgan fingerprint density at radius 1 is 1.31 bits per heavy atom. The summed E-state index contributed by atoms with van der Waals surface area (Å²) < 4.78 is 22.3. The molecule has 0 radical (unpaired) electrons. The fraction of sp³-hybridized carbons (Fsp3) is 0. The summed E-state index contributed by atoms with van der Waals surface area (Å²) in [7, 11) is -3.49. The summed E-state index contributed by atoms with van der Waals surface area (Å²) in [6, 6.07) is 7.41. The van der Waals surface area contributed by atoms with E-state index in [1.54, 1.807) is 0 Å². The molecule has 0 atom stereocenters. The molecule has 3 nitrogen and oxygen atoms in total. The Kier molecular flexibility index (Phi) is 2.91. The minimum absolute atomic E-state index is 0.0847. The standard InChI is InChI=1S/C8H5ClNO2S/c9-6-13(11,12)8-3-1-7(5-10)2-4-8/h1-4,6H/q-1. The van der Waals surface area contributed by atoms with E-state index in [9.17, 15) is 8.42 Å². The topological polar surface area (TPSA) is 57.9 Å². The molecule has 1 aromatic rings. The monoisotopic (exact) mass is 214 g/mol. The molecule has 0 bridgehead atoms. The fourth-order valence-electron chi connectivity index (χ4n) is 0.771. The van der Waals surface area contributed by atoms with Gasteiger partial charge in [-0.05, 0) is 24.3 Å². The van der Waals surface area contributed by atoms with Crippen LogP contribution < -0.4 is 0 Å². The fourth-order valence-corrected chi connectivity index (χ4v) is 1.70. The van der Waals surface area contributed by atoms with Crippen LogP contribution in [0.4, 0.5) is 0 Å². The summed E-state index contributed by atoms with van der Waals surface area (Å²) in [6.45, 7) is 0. The first-order valence-corrected chi connectivity index (χ1v) is 5.27. The zero-order valence-electron chi connectivity index (χ0n) is 6.44. The Morgan fingerprint density at radius 3 is 2.23 bits per heavy atom. The highest BCUT2D eigenvalue weighted by molar-refractivity contribution is 7.94. The molecule has 0 heterocycles. The number of rotatable bonds is 2. The summed E-state index contributed by atoms with van der Waals surface area (Å²) in [5.74, 6) is 0. The second-order valence-electron chi connectivity index (χ2n) is 2.27. The van der Waals surface area contributed by atoms with Crippen molar-refractivity contribution in [2.45, 2.75) is 4.90 Å². The Morgan fingerprint density at radius 2 is 1.85 bits per heavy atom. The highest BCUT2D eigenvalue weighted by Crippen LogP contribution is 2.15. The molecule has 0 amide bonds. The van der Waals surface area contributed by atoms with E-state index >= 15 is 0 Å². The normalized spacial score (nSPS) is 10.8. The van der Waals surface area contributed by atoms with Gasteiger partial charge in [0.2, 0.25) is 0 Å². The van der Waals surface area contributed by atoms with Crippen LogP contribution in [0.3, 0.4) is 0 Å². The zero-order valence-corrected chi connectivity index (χ0v) is 8.01. The van der Waals surface area contributed by atoms with Gasteiger partial charge in [-0.25, -0.2) is 0 Å². The second-order valence-corrected chi connectivity index (χ2v) is 4.54. The number of sulfone groups is 1. The van der Waals surface area contributed by atoms with E-state index in [-0.39, 0.29) is 4.90 Å². The Labute approximate surface area is 81.5 Å². The summed E-state index contributed by atoms with van der Waals surface area (Å²) in [5, 5.41) is 9.06. The number of nitrogens with zero attached hydrogens (tertiary/aromatic N) is 1. The summed E-state index contributed by atoms with van der Waals surface area (Å²) in [4.78, 5) is 0.0847. The minimum Gasteiger partial charge on any atom is -0.332 e.